The lowest BCUT2D eigenvalue weighted by Crippen LogP contribution is -2.30. The summed E-state index contributed by atoms with van der Waals surface area (Å²) in [5.74, 6) is -1.11. The van der Waals surface area contributed by atoms with E-state index in [1.807, 2.05) is 10.9 Å². The zero-order valence-corrected chi connectivity index (χ0v) is 16.1. The first kappa shape index (κ1) is 21.0. The van der Waals surface area contributed by atoms with Crippen LogP contribution in [0.25, 0.3) is 0 Å². The third-order valence-corrected chi connectivity index (χ3v) is 5.01. The summed E-state index contributed by atoms with van der Waals surface area (Å²) in [7, 11) is 0. The Hall–Kier alpha value is -2.73. The van der Waals surface area contributed by atoms with Gasteiger partial charge in [-0.05, 0) is 22.4 Å². The molecule has 1 unspecified atom stereocenters. The monoisotopic (exact) mass is 428 g/mol. The number of hydrogen-bond donors (Lipinski definition) is 1. The smallest absolute Gasteiger partial charge is 0.475 e. The van der Waals surface area contributed by atoms with Crippen molar-refractivity contribution in [3.8, 4) is 0 Å². The van der Waals surface area contributed by atoms with Crippen LogP contribution >= 0.6 is 11.3 Å². The van der Waals surface area contributed by atoms with Gasteiger partial charge in [-0.3, -0.25) is 9.58 Å². The maximum Gasteiger partial charge on any atom is 0.490 e. The topological polar surface area (TPSA) is 89.1 Å². The molecule has 3 aromatic rings. The van der Waals surface area contributed by atoms with Gasteiger partial charge in [-0.15, -0.1) is 0 Å². The van der Waals surface area contributed by atoms with E-state index in [0.29, 0.717) is 5.92 Å². The van der Waals surface area contributed by atoms with Crippen molar-refractivity contribution < 1.29 is 23.1 Å². The van der Waals surface area contributed by atoms with E-state index in [1.165, 1.54) is 5.56 Å². The molecular weight excluding hydrogens is 409 g/mol. The van der Waals surface area contributed by atoms with Gasteiger partial charge in [0.25, 0.3) is 0 Å². The number of imidazole rings is 1. The number of aliphatic carboxylic acids is 1. The molecule has 0 aliphatic carbocycles. The van der Waals surface area contributed by atoms with Crippen LogP contribution in [0.5, 0.6) is 0 Å². The minimum absolute atomic E-state index is 0.496. The Kier molecular flexibility index (Phi) is 6.64. The molecule has 4 rings (SSSR count). The van der Waals surface area contributed by atoms with Crippen molar-refractivity contribution in [2.75, 3.05) is 6.54 Å². The molecule has 0 radical (unpaired) electrons. The summed E-state index contributed by atoms with van der Waals surface area (Å²) in [5.41, 5.74) is 1.38. The molecule has 1 aliphatic heterocycles. The standard InChI is InChI=1S/C15H18N6S.C2HF3O2/c1-4-22-10-13(1)5-19-6-14(8-21-12-16-11-18-21)7-20-3-2-17-15(20)9-19;3-2(4,5)1(6)7/h1-4,10-12,14H,5-9H2;(H,6,7). The average molecular weight is 428 g/mol. The first-order valence-electron chi connectivity index (χ1n) is 8.67. The number of carbonyl (C=O) groups is 1. The van der Waals surface area contributed by atoms with E-state index in [0.717, 1.165) is 38.5 Å². The second-order valence-corrected chi connectivity index (χ2v) is 7.36. The lowest BCUT2D eigenvalue weighted by atomic mass is 10.1. The van der Waals surface area contributed by atoms with Crippen LogP contribution in [0.15, 0.2) is 41.9 Å². The maximum atomic E-state index is 10.6. The fourth-order valence-electron chi connectivity index (χ4n) is 3.09. The molecule has 12 heteroatoms. The SMILES string of the molecule is O=C(O)C(F)(F)F.c1cn2c(n1)CN(Cc1ccsc1)CC(Cn1cncn1)C2. The van der Waals surface area contributed by atoms with E-state index in [4.69, 9.17) is 9.90 Å². The van der Waals surface area contributed by atoms with Crippen LogP contribution in [0.3, 0.4) is 0 Å². The predicted octanol–water partition coefficient (Wildman–Crippen LogP) is 2.50. The maximum absolute atomic E-state index is 10.6. The largest absolute Gasteiger partial charge is 0.490 e. The Morgan fingerprint density at radius 1 is 1.34 bits per heavy atom. The van der Waals surface area contributed by atoms with Crippen molar-refractivity contribution >= 4 is 17.3 Å². The van der Waals surface area contributed by atoms with Gasteiger partial charge in [0.1, 0.15) is 18.5 Å². The van der Waals surface area contributed by atoms with E-state index in [1.54, 1.807) is 24.0 Å². The van der Waals surface area contributed by atoms with Crippen LogP contribution in [-0.2, 0) is 31.0 Å². The van der Waals surface area contributed by atoms with Gasteiger partial charge in [0.2, 0.25) is 0 Å². The lowest BCUT2D eigenvalue weighted by Gasteiger charge is -2.23. The van der Waals surface area contributed by atoms with Gasteiger partial charge < -0.3 is 9.67 Å². The van der Waals surface area contributed by atoms with Gasteiger partial charge in [-0.2, -0.15) is 29.6 Å². The first-order chi connectivity index (χ1) is 13.8. The number of fused-ring (bicyclic) bond motifs is 1. The van der Waals surface area contributed by atoms with Gasteiger partial charge in [0, 0.05) is 44.5 Å². The summed E-state index contributed by atoms with van der Waals surface area (Å²) in [6.07, 6.45) is 2.29. The van der Waals surface area contributed by atoms with Gasteiger partial charge in [0.05, 0.1) is 6.54 Å². The van der Waals surface area contributed by atoms with Crippen LogP contribution in [0.4, 0.5) is 13.2 Å². The molecule has 1 atom stereocenters. The Balaban J connectivity index is 0.000000298. The lowest BCUT2D eigenvalue weighted by molar-refractivity contribution is -0.192. The van der Waals surface area contributed by atoms with E-state index >= 15 is 0 Å². The van der Waals surface area contributed by atoms with Gasteiger partial charge in [0.15, 0.2) is 0 Å². The first-order valence-corrected chi connectivity index (χ1v) is 9.61. The summed E-state index contributed by atoms with van der Waals surface area (Å²) in [6.45, 7) is 4.78. The molecule has 0 saturated carbocycles. The minimum Gasteiger partial charge on any atom is -0.475 e. The zero-order chi connectivity index (χ0) is 20.9. The Morgan fingerprint density at radius 3 is 2.76 bits per heavy atom. The molecule has 0 bridgehead atoms. The number of aromatic nitrogens is 5. The number of alkyl halides is 3. The molecule has 0 amide bonds. The molecule has 156 valence electrons. The number of carboxylic acid groups (broad SMARTS) is 1. The molecule has 3 aromatic heterocycles. The molecule has 0 saturated heterocycles. The van der Waals surface area contributed by atoms with E-state index in [-0.39, 0.29) is 0 Å². The average Bonchev–Trinajstić information content (AvgIpc) is 3.38. The predicted molar refractivity (Wildman–Crippen MR) is 97.9 cm³/mol. The highest BCUT2D eigenvalue weighted by atomic mass is 32.1. The van der Waals surface area contributed by atoms with Crippen LogP contribution in [0.1, 0.15) is 11.4 Å². The Morgan fingerprint density at radius 2 is 2.14 bits per heavy atom. The highest BCUT2D eigenvalue weighted by Gasteiger charge is 2.38. The third kappa shape index (κ3) is 6.12. The van der Waals surface area contributed by atoms with Crippen molar-refractivity contribution in [2.45, 2.75) is 32.4 Å². The molecule has 0 spiro atoms. The van der Waals surface area contributed by atoms with Crippen molar-refractivity contribution in [3.05, 3.63) is 53.3 Å². The summed E-state index contributed by atoms with van der Waals surface area (Å²) in [6, 6.07) is 2.20. The summed E-state index contributed by atoms with van der Waals surface area (Å²) >= 11 is 1.76. The van der Waals surface area contributed by atoms with Crippen molar-refractivity contribution in [3.63, 3.8) is 0 Å². The number of halogens is 3. The second kappa shape index (κ2) is 9.18. The Labute approximate surface area is 168 Å². The van der Waals surface area contributed by atoms with Crippen LogP contribution in [0, 0.1) is 5.92 Å². The van der Waals surface area contributed by atoms with Gasteiger partial charge in [-0.1, -0.05) is 0 Å². The molecule has 0 fully saturated rings. The minimum atomic E-state index is -5.08. The fraction of sp³-hybridized carbons (Fsp3) is 0.412. The summed E-state index contributed by atoms with van der Waals surface area (Å²) in [5, 5.41) is 15.7. The van der Waals surface area contributed by atoms with Crippen LogP contribution in [0.2, 0.25) is 0 Å². The summed E-state index contributed by atoms with van der Waals surface area (Å²) in [4.78, 5) is 19.9. The molecule has 4 heterocycles. The molecule has 1 N–H and O–H groups in total. The van der Waals surface area contributed by atoms with E-state index in [9.17, 15) is 13.2 Å². The van der Waals surface area contributed by atoms with Gasteiger partial charge in [-0.25, -0.2) is 14.8 Å². The number of hydrogen-bond acceptors (Lipinski definition) is 6. The fourth-order valence-corrected chi connectivity index (χ4v) is 3.75. The molecular formula is C17H19F3N6O2S. The summed E-state index contributed by atoms with van der Waals surface area (Å²) < 4.78 is 35.9. The van der Waals surface area contributed by atoms with Gasteiger partial charge >= 0.3 is 12.1 Å². The molecule has 8 nitrogen and oxygen atoms in total. The van der Waals surface area contributed by atoms with Crippen LogP contribution < -0.4 is 0 Å². The molecule has 29 heavy (non-hydrogen) atoms. The highest BCUT2D eigenvalue weighted by molar-refractivity contribution is 7.07. The van der Waals surface area contributed by atoms with Crippen molar-refractivity contribution in [2.24, 2.45) is 5.92 Å². The second-order valence-electron chi connectivity index (χ2n) is 6.58. The normalized spacial score (nSPS) is 17.1. The Bertz CT molecular complexity index is 836. The number of carboxylic acids is 1. The van der Waals surface area contributed by atoms with Crippen molar-refractivity contribution in [1.82, 2.24) is 29.2 Å². The molecule has 0 aromatic carbocycles. The molecule has 1 aliphatic rings. The van der Waals surface area contributed by atoms with E-state index in [2.05, 4.69) is 47.6 Å². The third-order valence-electron chi connectivity index (χ3n) is 4.28. The zero-order valence-electron chi connectivity index (χ0n) is 15.2. The van der Waals surface area contributed by atoms with Crippen molar-refractivity contribution in [1.29, 1.82) is 0 Å². The quantitative estimate of drug-likeness (QED) is 0.687. The number of thiophene rings is 1. The number of rotatable bonds is 4. The van der Waals surface area contributed by atoms with E-state index < -0.39 is 12.1 Å². The number of nitrogens with zero attached hydrogens (tertiary/aromatic N) is 6. The van der Waals surface area contributed by atoms with Crippen LogP contribution in [-0.4, -0.2) is 53.0 Å². The highest BCUT2D eigenvalue weighted by Crippen LogP contribution is 2.19.